The Kier molecular flexibility index (Phi) is 6.86. The van der Waals surface area contributed by atoms with Gasteiger partial charge >= 0.3 is 0 Å². The molecule has 2 aliphatic rings. The highest BCUT2D eigenvalue weighted by Crippen LogP contribution is 2.32. The molecule has 27 heavy (non-hydrogen) atoms. The Balaban J connectivity index is 1.42. The number of hydrogen-bond acceptors (Lipinski definition) is 7. The zero-order valence-corrected chi connectivity index (χ0v) is 15.1. The molecule has 0 spiro atoms. The summed E-state index contributed by atoms with van der Waals surface area (Å²) >= 11 is 0. The maximum absolute atomic E-state index is 12.2. The van der Waals surface area contributed by atoms with Gasteiger partial charge in [0.1, 0.15) is 6.04 Å². The minimum absolute atomic E-state index is 0.0776. The minimum atomic E-state index is -0.976. The second-order valence-corrected chi connectivity index (χ2v) is 6.41. The Morgan fingerprint density at radius 3 is 2.74 bits per heavy atom. The van der Waals surface area contributed by atoms with Gasteiger partial charge in [0.15, 0.2) is 11.5 Å². The lowest BCUT2D eigenvalue weighted by Crippen LogP contribution is -2.51. The summed E-state index contributed by atoms with van der Waals surface area (Å²) in [5, 5.41) is 14.8. The van der Waals surface area contributed by atoms with E-state index in [0.717, 1.165) is 18.7 Å². The first-order chi connectivity index (χ1) is 13.2. The van der Waals surface area contributed by atoms with E-state index in [1.807, 2.05) is 0 Å². The van der Waals surface area contributed by atoms with E-state index >= 15 is 0 Å². The summed E-state index contributed by atoms with van der Waals surface area (Å²) in [6, 6.07) is 4.27. The van der Waals surface area contributed by atoms with E-state index < -0.39 is 18.6 Å². The number of morpholine rings is 1. The number of amides is 2. The molecule has 0 radical (unpaired) electrons. The zero-order chi connectivity index (χ0) is 19.1. The predicted octanol–water partition coefficient (Wildman–Crippen LogP) is -1.12. The summed E-state index contributed by atoms with van der Waals surface area (Å²) in [5.74, 6) is 0.493. The lowest BCUT2D eigenvalue weighted by atomic mass is 10.1. The van der Waals surface area contributed by atoms with Gasteiger partial charge in [0, 0.05) is 26.2 Å². The summed E-state index contributed by atoms with van der Waals surface area (Å²) in [7, 11) is 0. The minimum Gasteiger partial charge on any atom is -0.454 e. The van der Waals surface area contributed by atoms with E-state index in [-0.39, 0.29) is 19.1 Å². The number of carbonyl (C=O) groups excluding carboxylic acids is 2. The van der Waals surface area contributed by atoms with Crippen molar-refractivity contribution in [1.82, 2.24) is 15.5 Å². The van der Waals surface area contributed by atoms with Crippen LogP contribution in [0.5, 0.6) is 11.5 Å². The molecule has 1 saturated heterocycles. The monoisotopic (exact) mass is 379 g/mol. The molecule has 9 heteroatoms. The fourth-order valence-corrected chi connectivity index (χ4v) is 2.96. The maximum Gasteiger partial charge on any atom is 0.245 e. The van der Waals surface area contributed by atoms with Crippen LogP contribution < -0.4 is 20.1 Å². The van der Waals surface area contributed by atoms with Crippen molar-refractivity contribution in [3.8, 4) is 11.5 Å². The highest BCUT2D eigenvalue weighted by molar-refractivity contribution is 5.88. The molecule has 1 fully saturated rings. The maximum atomic E-state index is 12.2. The average Bonchev–Trinajstić information content (AvgIpc) is 3.14. The van der Waals surface area contributed by atoms with Crippen molar-refractivity contribution < 1.29 is 28.9 Å². The summed E-state index contributed by atoms with van der Waals surface area (Å²) in [5.41, 5.74) is 0.737. The number of ether oxygens (including phenoxy) is 3. The number of hydrogen-bond donors (Lipinski definition) is 3. The van der Waals surface area contributed by atoms with E-state index in [9.17, 15) is 14.7 Å². The smallest absolute Gasteiger partial charge is 0.245 e. The van der Waals surface area contributed by atoms with Crippen LogP contribution in [0.1, 0.15) is 5.56 Å². The van der Waals surface area contributed by atoms with E-state index in [0.29, 0.717) is 37.8 Å². The molecule has 2 amide bonds. The number of rotatable bonds is 8. The molecule has 0 aromatic heterocycles. The Hall–Kier alpha value is -2.36. The number of aliphatic hydroxyl groups is 1. The van der Waals surface area contributed by atoms with Crippen molar-refractivity contribution >= 4 is 11.8 Å². The Morgan fingerprint density at radius 2 is 1.96 bits per heavy atom. The molecule has 2 aliphatic heterocycles. The second kappa shape index (κ2) is 9.54. The largest absolute Gasteiger partial charge is 0.454 e. The van der Waals surface area contributed by atoms with Gasteiger partial charge in [-0.05, 0) is 17.7 Å². The molecule has 0 saturated carbocycles. The first-order valence-electron chi connectivity index (χ1n) is 9.02. The van der Waals surface area contributed by atoms with Crippen molar-refractivity contribution in [2.75, 3.05) is 52.8 Å². The van der Waals surface area contributed by atoms with Gasteiger partial charge in [0.25, 0.3) is 0 Å². The van der Waals surface area contributed by atoms with Crippen LogP contribution in [-0.2, 0) is 20.7 Å². The van der Waals surface area contributed by atoms with Crippen LogP contribution in [0.15, 0.2) is 18.2 Å². The van der Waals surface area contributed by atoms with Gasteiger partial charge in [-0.1, -0.05) is 6.07 Å². The van der Waals surface area contributed by atoms with Crippen molar-refractivity contribution in [3.05, 3.63) is 23.8 Å². The Labute approximate surface area is 157 Å². The summed E-state index contributed by atoms with van der Waals surface area (Å²) in [6.07, 6.45) is 0.0776. The molecular weight excluding hydrogens is 354 g/mol. The third kappa shape index (κ3) is 5.56. The normalized spacial score (nSPS) is 17.4. The van der Waals surface area contributed by atoms with E-state index in [4.69, 9.17) is 14.2 Å². The van der Waals surface area contributed by atoms with E-state index in [1.165, 1.54) is 0 Å². The Bertz CT molecular complexity index is 662. The van der Waals surface area contributed by atoms with Crippen LogP contribution in [0.3, 0.4) is 0 Å². The SMILES string of the molecule is O=C(Cc1ccc2c(c1)OCO2)N[C@@H](CO)C(=O)NCCN1CCOCC1. The first-order valence-corrected chi connectivity index (χ1v) is 9.02. The molecule has 0 bridgehead atoms. The average molecular weight is 379 g/mol. The van der Waals surface area contributed by atoms with Crippen LogP contribution in [0.4, 0.5) is 0 Å². The molecule has 148 valence electrons. The third-order valence-electron chi connectivity index (χ3n) is 4.47. The molecule has 0 unspecified atom stereocenters. The number of nitrogens with zero attached hydrogens (tertiary/aromatic N) is 1. The number of nitrogens with one attached hydrogen (secondary N) is 2. The molecule has 3 N–H and O–H groups in total. The molecular formula is C18H25N3O6. The highest BCUT2D eigenvalue weighted by atomic mass is 16.7. The fraction of sp³-hybridized carbons (Fsp3) is 0.556. The molecule has 9 nitrogen and oxygen atoms in total. The molecule has 3 rings (SSSR count). The molecule has 1 atom stereocenters. The van der Waals surface area contributed by atoms with Gasteiger partial charge < -0.3 is 30.0 Å². The second-order valence-electron chi connectivity index (χ2n) is 6.41. The fourth-order valence-electron chi connectivity index (χ4n) is 2.96. The van der Waals surface area contributed by atoms with E-state index in [1.54, 1.807) is 18.2 Å². The standard InChI is InChI=1S/C18H25N3O6/c22-11-14(18(24)19-3-4-21-5-7-25-8-6-21)20-17(23)10-13-1-2-15-16(9-13)27-12-26-15/h1-2,9,14,22H,3-8,10-12H2,(H,19,24)(H,20,23)/t14-/m0/s1. The van der Waals surface area contributed by atoms with Gasteiger partial charge in [-0.2, -0.15) is 0 Å². The van der Waals surface area contributed by atoms with Gasteiger partial charge in [-0.25, -0.2) is 0 Å². The quantitative estimate of drug-likeness (QED) is 0.525. The lowest BCUT2D eigenvalue weighted by Gasteiger charge is -2.26. The van der Waals surface area contributed by atoms with Crippen LogP contribution in [-0.4, -0.2) is 80.7 Å². The van der Waals surface area contributed by atoms with Gasteiger partial charge in [-0.15, -0.1) is 0 Å². The van der Waals surface area contributed by atoms with Gasteiger partial charge in [0.05, 0.1) is 26.2 Å². The van der Waals surface area contributed by atoms with Crippen LogP contribution in [0, 0.1) is 0 Å². The van der Waals surface area contributed by atoms with E-state index in [2.05, 4.69) is 15.5 Å². The molecule has 1 aromatic carbocycles. The third-order valence-corrected chi connectivity index (χ3v) is 4.47. The van der Waals surface area contributed by atoms with Gasteiger partial charge in [0.2, 0.25) is 18.6 Å². The summed E-state index contributed by atoms with van der Waals surface area (Å²) in [4.78, 5) is 26.6. The van der Waals surface area contributed by atoms with Crippen molar-refractivity contribution in [3.63, 3.8) is 0 Å². The molecule has 0 aliphatic carbocycles. The van der Waals surface area contributed by atoms with Gasteiger partial charge in [-0.3, -0.25) is 14.5 Å². The predicted molar refractivity (Wildman–Crippen MR) is 95.6 cm³/mol. The summed E-state index contributed by atoms with van der Waals surface area (Å²) in [6.45, 7) is 3.94. The first kappa shape index (κ1) is 19.4. The number of fused-ring (bicyclic) bond motifs is 1. The van der Waals surface area contributed by atoms with Crippen molar-refractivity contribution in [1.29, 1.82) is 0 Å². The molecule has 2 heterocycles. The van der Waals surface area contributed by atoms with Crippen molar-refractivity contribution in [2.45, 2.75) is 12.5 Å². The summed E-state index contributed by atoms with van der Waals surface area (Å²) < 4.78 is 15.8. The zero-order valence-electron chi connectivity index (χ0n) is 15.1. The lowest BCUT2D eigenvalue weighted by molar-refractivity contribution is -0.129. The number of benzene rings is 1. The highest BCUT2D eigenvalue weighted by Gasteiger charge is 2.21. The van der Waals surface area contributed by atoms with Crippen molar-refractivity contribution in [2.24, 2.45) is 0 Å². The van der Waals surface area contributed by atoms with Crippen LogP contribution in [0.2, 0.25) is 0 Å². The van der Waals surface area contributed by atoms with Crippen LogP contribution in [0.25, 0.3) is 0 Å². The van der Waals surface area contributed by atoms with Crippen LogP contribution >= 0.6 is 0 Å². The number of carbonyl (C=O) groups is 2. The Morgan fingerprint density at radius 1 is 1.19 bits per heavy atom. The molecule has 1 aromatic rings. The topological polar surface area (TPSA) is 109 Å². The number of aliphatic hydroxyl groups excluding tert-OH is 1.